The number of nitrogens with zero attached hydrogens (tertiary/aromatic N) is 1. The summed E-state index contributed by atoms with van der Waals surface area (Å²) in [4.78, 5) is 0. The van der Waals surface area contributed by atoms with Crippen LogP contribution in [0.1, 0.15) is 45.1 Å². The van der Waals surface area contributed by atoms with Crippen molar-refractivity contribution in [3.63, 3.8) is 0 Å². The zero-order valence-corrected chi connectivity index (χ0v) is 12.2. The molecule has 1 aromatic carbocycles. The van der Waals surface area contributed by atoms with E-state index in [2.05, 4.69) is 32.0 Å². The summed E-state index contributed by atoms with van der Waals surface area (Å²) in [5, 5.41) is 9.62. The fourth-order valence-corrected chi connectivity index (χ4v) is 2.91. The molecule has 1 aliphatic carbocycles. The second-order valence-corrected chi connectivity index (χ2v) is 6.58. The first-order chi connectivity index (χ1) is 8.99. The molecule has 2 nitrogen and oxygen atoms in total. The summed E-state index contributed by atoms with van der Waals surface area (Å²) >= 11 is 0. The summed E-state index contributed by atoms with van der Waals surface area (Å²) in [5.41, 5.74) is 1.43. The highest BCUT2D eigenvalue weighted by Gasteiger charge is 2.38. The monoisotopic (exact) mass is 257 g/mol. The van der Waals surface area contributed by atoms with Crippen molar-refractivity contribution in [2.75, 3.05) is 7.11 Å². The van der Waals surface area contributed by atoms with Crippen LogP contribution in [0.3, 0.4) is 0 Å². The lowest BCUT2D eigenvalue weighted by atomic mass is 9.64. The molecule has 0 aliphatic heterocycles. The van der Waals surface area contributed by atoms with Crippen LogP contribution in [0.15, 0.2) is 24.3 Å². The Hall–Kier alpha value is -1.49. The molecule has 0 atom stereocenters. The second kappa shape index (κ2) is 5.25. The van der Waals surface area contributed by atoms with Gasteiger partial charge in [-0.3, -0.25) is 0 Å². The molecule has 1 fully saturated rings. The van der Waals surface area contributed by atoms with Gasteiger partial charge in [0.2, 0.25) is 0 Å². The average Bonchev–Trinajstić information content (AvgIpc) is 2.42. The maximum atomic E-state index is 9.62. The molecule has 0 radical (unpaired) electrons. The van der Waals surface area contributed by atoms with Gasteiger partial charge in [-0.15, -0.1) is 0 Å². The van der Waals surface area contributed by atoms with E-state index in [9.17, 15) is 5.26 Å². The predicted octanol–water partition coefficient (Wildman–Crippen LogP) is 4.35. The van der Waals surface area contributed by atoms with E-state index >= 15 is 0 Å². The number of benzene rings is 1. The van der Waals surface area contributed by atoms with Crippen molar-refractivity contribution >= 4 is 0 Å². The highest BCUT2D eigenvalue weighted by atomic mass is 16.5. The largest absolute Gasteiger partial charge is 0.497 e. The van der Waals surface area contributed by atoms with Gasteiger partial charge in [0.05, 0.1) is 18.6 Å². The minimum atomic E-state index is -0.179. The third kappa shape index (κ3) is 3.29. The molecule has 1 saturated carbocycles. The Labute approximate surface area is 116 Å². The van der Waals surface area contributed by atoms with Gasteiger partial charge in [-0.2, -0.15) is 5.26 Å². The lowest BCUT2D eigenvalue weighted by Crippen LogP contribution is -2.31. The Kier molecular flexibility index (Phi) is 3.85. The molecule has 0 N–H and O–H groups in total. The van der Waals surface area contributed by atoms with Gasteiger partial charge in [0, 0.05) is 0 Å². The van der Waals surface area contributed by atoms with Crippen molar-refractivity contribution in [1.82, 2.24) is 0 Å². The lowest BCUT2D eigenvalue weighted by Gasteiger charge is -2.39. The van der Waals surface area contributed by atoms with Crippen molar-refractivity contribution < 1.29 is 4.74 Å². The smallest absolute Gasteiger partial charge is 0.119 e. The Morgan fingerprint density at radius 3 is 2.47 bits per heavy atom. The number of hydrogen-bond acceptors (Lipinski definition) is 2. The quantitative estimate of drug-likeness (QED) is 0.806. The minimum Gasteiger partial charge on any atom is -0.497 e. The summed E-state index contributed by atoms with van der Waals surface area (Å²) in [6.07, 6.45) is 5.15. The van der Waals surface area contributed by atoms with Gasteiger partial charge in [-0.1, -0.05) is 26.0 Å². The van der Waals surface area contributed by atoms with E-state index in [0.29, 0.717) is 5.41 Å². The highest BCUT2D eigenvalue weighted by Crippen LogP contribution is 2.46. The number of methoxy groups -OCH3 is 1. The molecular weight excluding hydrogens is 234 g/mol. The van der Waals surface area contributed by atoms with E-state index in [1.54, 1.807) is 7.11 Å². The van der Waals surface area contributed by atoms with E-state index in [4.69, 9.17) is 4.74 Å². The molecule has 19 heavy (non-hydrogen) atoms. The summed E-state index contributed by atoms with van der Waals surface area (Å²) < 4.78 is 5.26. The zero-order chi connectivity index (χ0) is 13.9. The topological polar surface area (TPSA) is 33.0 Å². The first-order valence-corrected chi connectivity index (χ1v) is 7.03. The van der Waals surface area contributed by atoms with E-state index in [-0.39, 0.29) is 5.41 Å². The zero-order valence-electron chi connectivity index (χ0n) is 12.2. The highest BCUT2D eigenvalue weighted by molar-refractivity contribution is 5.30. The van der Waals surface area contributed by atoms with Gasteiger partial charge in [-0.05, 0) is 55.2 Å². The summed E-state index contributed by atoms with van der Waals surface area (Å²) in [7, 11) is 1.68. The van der Waals surface area contributed by atoms with Crippen LogP contribution in [0.4, 0.5) is 0 Å². The molecule has 0 bridgehead atoms. The number of hydrogen-bond donors (Lipinski definition) is 0. The fraction of sp³-hybridized carbons (Fsp3) is 0.588. The normalized spacial score (nSPS) is 20.5. The molecule has 0 unspecified atom stereocenters. The van der Waals surface area contributed by atoms with Crippen LogP contribution in [-0.2, 0) is 6.42 Å². The molecule has 0 spiro atoms. The van der Waals surface area contributed by atoms with Gasteiger partial charge in [0.15, 0.2) is 0 Å². The minimum absolute atomic E-state index is 0.179. The summed E-state index contributed by atoms with van der Waals surface area (Å²) in [6.45, 7) is 4.61. The number of ether oxygens (including phenoxy) is 1. The molecule has 2 rings (SSSR count). The van der Waals surface area contributed by atoms with Crippen molar-refractivity contribution in [1.29, 1.82) is 5.26 Å². The SMILES string of the molecule is COc1cccc(CC2(C#N)CCC(C)(C)CC2)c1. The van der Waals surface area contributed by atoms with Gasteiger partial charge < -0.3 is 4.74 Å². The van der Waals surface area contributed by atoms with Crippen LogP contribution in [0, 0.1) is 22.2 Å². The molecular formula is C17H23NO. The molecule has 1 aliphatic rings. The van der Waals surface area contributed by atoms with Crippen molar-refractivity contribution in [2.45, 2.75) is 46.0 Å². The maximum absolute atomic E-state index is 9.62. The van der Waals surface area contributed by atoms with Crippen LogP contribution < -0.4 is 4.74 Å². The third-order valence-electron chi connectivity index (χ3n) is 4.47. The molecule has 0 aromatic heterocycles. The molecule has 0 heterocycles. The summed E-state index contributed by atoms with van der Waals surface area (Å²) in [6, 6.07) is 10.7. The predicted molar refractivity (Wildman–Crippen MR) is 77.0 cm³/mol. The number of rotatable bonds is 3. The standard InChI is InChI=1S/C17H23NO/c1-16(2)7-9-17(13-18,10-8-16)12-14-5-4-6-15(11-14)19-3/h4-6,11H,7-10,12H2,1-3H3. The van der Waals surface area contributed by atoms with Crippen molar-refractivity contribution in [2.24, 2.45) is 10.8 Å². The van der Waals surface area contributed by atoms with Crippen molar-refractivity contribution in [3.05, 3.63) is 29.8 Å². The Morgan fingerprint density at radius 1 is 1.21 bits per heavy atom. The Morgan fingerprint density at radius 2 is 1.89 bits per heavy atom. The first kappa shape index (κ1) is 13.9. The van der Waals surface area contributed by atoms with Crippen LogP contribution in [0.5, 0.6) is 5.75 Å². The lowest BCUT2D eigenvalue weighted by molar-refractivity contribution is 0.146. The molecule has 0 amide bonds. The maximum Gasteiger partial charge on any atom is 0.119 e. The van der Waals surface area contributed by atoms with E-state index in [1.807, 2.05) is 12.1 Å². The summed E-state index contributed by atoms with van der Waals surface area (Å²) in [5.74, 6) is 0.877. The van der Waals surface area contributed by atoms with Crippen LogP contribution in [0.25, 0.3) is 0 Å². The Bertz CT molecular complexity index is 474. The molecule has 0 saturated heterocycles. The van der Waals surface area contributed by atoms with Gasteiger partial charge in [0.1, 0.15) is 5.75 Å². The van der Waals surface area contributed by atoms with E-state index in [1.165, 1.54) is 5.56 Å². The van der Waals surface area contributed by atoms with Gasteiger partial charge in [-0.25, -0.2) is 0 Å². The number of nitriles is 1. The van der Waals surface area contributed by atoms with Gasteiger partial charge >= 0.3 is 0 Å². The fourth-order valence-electron chi connectivity index (χ4n) is 2.91. The second-order valence-electron chi connectivity index (χ2n) is 6.58. The Balaban J connectivity index is 2.13. The third-order valence-corrected chi connectivity index (χ3v) is 4.47. The molecule has 1 aromatic rings. The van der Waals surface area contributed by atoms with Crippen LogP contribution in [-0.4, -0.2) is 7.11 Å². The van der Waals surface area contributed by atoms with Gasteiger partial charge in [0.25, 0.3) is 0 Å². The van der Waals surface area contributed by atoms with E-state index in [0.717, 1.165) is 37.9 Å². The van der Waals surface area contributed by atoms with E-state index < -0.39 is 0 Å². The molecule has 2 heteroatoms. The molecule has 102 valence electrons. The van der Waals surface area contributed by atoms with Crippen LogP contribution in [0.2, 0.25) is 0 Å². The van der Waals surface area contributed by atoms with Crippen molar-refractivity contribution in [3.8, 4) is 11.8 Å². The first-order valence-electron chi connectivity index (χ1n) is 7.03. The average molecular weight is 257 g/mol. The van der Waals surface area contributed by atoms with Crippen LogP contribution >= 0.6 is 0 Å².